The van der Waals surface area contributed by atoms with Gasteiger partial charge in [0, 0.05) is 6.61 Å². The SMILES string of the molecule is CCCCOC(C)(C)C(=O)Nc1ncnn2c([C@]3(C#N)O[C@H](COC(=O)Cc4ccccc4)[C@@H](OC(=O)[C@@H](NC(=O)OC(C)(C)C)C(C)C)[C@H]3O)ccc12. The van der Waals surface area contributed by atoms with E-state index in [1.807, 2.05) is 19.1 Å². The molecule has 0 radical (unpaired) electrons. The van der Waals surface area contributed by atoms with Crippen molar-refractivity contribution in [2.45, 2.75) is 116 Å². The molecule has 3 aromatic rings. The molecule has 5 atom stereocenters. The summed E-state index contributed by atoms with van der Waals surface area (Å²) in [4.78, 5) is 56.7. The van der Waals surface area contributed by atoms with Crippen LogP contribution in [0.25, 0.3) is 5.52 Å². The number of aliphatic hydroxyl groups is 1. The largest absolute Gasteiger partial charge is 0.463 e. The number of nitriles is 1. The summed E-state index contributed by atoms with van der Waals surface area (Å²) >= 11 is 0. The van der Waals surface area contributed by atoms with Gasteiger partial charge in [-0.15, -0.1) is 0 Å². The number of amides is 2. The number of carbonyl (C=O) groups excluding carboxylic acids is 4. The lowest BCUT2D eigenvalue weighted by Gasteiger charge is -2.28. The van der Waals surface area contributed by atoms with Crippen LogP contribution in [-0.4, -0.2) is 92.4 Å². The molecule has 0 spiro atoms. The Kier molecular flexibility index (Phi) is 13.4. The smallest absolute Gasteiger partial charge is 0.408 e. The van der Waals surface area contributed by atoms with Crippen LogP contribution in [0.15, 0.2) is 48.8 Å². The molecule has 1 aliphatic rings. The van der Waals surface area contributed by atoms with Gasteiger partial charge in [-0.25, -0.2) is 19.1 Å². The Labute approximate surface area is 314 Å². The number of ether oxygens (including phenoxy) is 5. The van der Waals surface area contributed by atoms with Gasteiger partial charge in [0.1, 0.15) is 54.0 Å². The summed E-state index contributed by atoms with van der Waals surface area (Å²) in [7, 11) is 0. The van der Waals surface area contributed by atoms with Crippen LogP contribution in [0.5, 0.6) is 0 Å². The molecule has 16 heteroatoms. The molecule has 1 aliphatic heterocycles. The Morgan fingerprint density at radius 1 is 1.09 bits per heavy atom. The van der Waals surface area contributed by atoms with Gasteiger partial charge in [0.15, 0.2) is 11.9 Å². The molecule has 3 heterocycles. The molecule has 2 amide bonds. The van der Waals surface area contributed by atoms with E-state index in [0.29, 0.717) is 12.2 Å². The minimum atomic E-state index is -2.24. The van der Waals surface area contributed by atoms with E-state index in [1.54, 1.807) is 72.7 Å². The van der Waals surface area contributed by atoms with Crippen LogP contribution in [0.4, 0.5) is 10.6 Å². The summed E-state index contributed by atoms with van der Waals surface area (Å²) in [5.41, 5.74) is -3.33. The average molecular weight is 751 g/mol. The Bertz CT molecular complexity index is 1830. The van der Waals surface area contributed by atoms with Crippen molar-refractivity contribution in [3.05, 3.63) is 60.0 Å². The number of nitrogens with one attached hydrogen (secondary N) is 2. The molecule has 0 saturated carbocycles. The average Bonchev–Trinajstić information content (AvgIpc) is 3.65. The van der Waals surface area contributed by atoms with E-state index in [4.69, 9.17) is 23.7 Å². The van der Waals surface area contributed by atoms with Crippen molar-refractivity contribution in [1.29, 1.82) is 5.26 Å². The lowest BCUT2D eigenvalue weighted by Crippen LogP contribution is -2.50. The first-order valence-corrected chi connectivity index (χ1v) is 17.9. The number of aromatic nitrogens is 3. The van der Waals surface area contributed by atoms with Gasteiger partial charge < -0.3 is 39.4 Å². The number of nitrogens with zero attached hydrogens (tertiary/aromatic N) is 4. The zero-order chi connectivity index (χ0) is 39.8. The number of benzene rings is 1. The third-order valence-corrected chi connectivity index (χ3v) is 8.61. The number of esters is 2. The maximum absolute atomic E-state index is 13.7. The third kappa shape index (κ3) is 9.90. The molecule has 54 heavy (non-hydrogen) atoms. The van der Waals surface area contributed by atoms with Gasteiger partial charge in [-0.2, -0.15) is 10.4 Å². The zero-order valence-corrected chi connectivity index (χ0v) is 32.0. The van der Waals surface area contributed by atoms with Crippen molar-refractivity contribution in [2.24, 2.45) is 5.92 Å². The summed E-state index contributed by atoms with van der Waals surface area (Å²) in [6.45, 7) is 13.5. The Hall–Kier alpha value is -5.11. The van der Waals surface area contributed by atoms with Crippen molar-refractivity contribution in [3.8, 4) is 6.07 Å². The second-order valence-electron chi connectivity index (χ2n) is 14.9. The van der Waals surface area contributed by atoms with Crippen molar-refractivity contribution in [2.75, 3.05) is 18.5 Å². The number of carbonyl (C=O) groups is 4. The van der Waals surface area contributed by atoms with E-state index in [2.05, 4.69) is 20.7 Å². The van der Waals surface area contributed by atoms with Gasteiger partial charge in [-0.1, -0.05) is 57.5 Å². The van der Waals surface area contributed by atoms with Gasteiger partial charge >= 0.3 is 18.0 Å². The molecule has 16 nitrogen and oxygen atoms in total. The quantitative estimate of drug-likeness (QED) is 0.114. The Morgan fingerprint density at radius 3 is 2.43 bits per heavy atom. The highest BCUT2D eigenvalue weighted by molar-refractivity contribution is 5.98. The number of rotatable bonds is 15. The van der Waals surface area contributed by atoms with E-state index < -0.39 is 77.6 Å². The minimum absolute atomic E-state index is 0.00954. The van der Waals surface area contributed by atoms with E-state index in [0.717, 1.165) is 19.2 Å². The van der Waals surface area contributed by atoms with E-state index >= 15 is 0 Å². The van der Waals surface area contributed by atoms with Gasteiger partial charge in [0.2, 0.25) is 5.60 Å². The van der Waals surface area contributed by atoms with Crippen LogP contribution in [-0.2, 0) is 50.1 Å². The lowest BCUT2D eigenvalue weighted by molar-refractivity contribution is -0.163. The number of anilines is 1. The molecule has 0 aliphatic carbocycles. The molecule has 292 valence electrons. The fourth-order valence-electron chi connectivity index (χ4n) is 5.68. The summed E-state index contributed by atoms with van der Waals surface area (Å²) in [6, 6.07) is 12.6. The number of fused-ring (bicyclic) bond motifs is 1. The summed E-state index contributed by atoms with van der Waals surface area (Å²) < 4.78 is 30.0. The molecular formula is C38H50N6O10. The number of unbranched alkanes of at least 4 members (excludes halogenated alkanes) is 1. The zero-order valence-electron chi connectivity index (χ0n) is 32.0. The van der Waals surface area contributed by atoms with Crippen molar-refractivity contribution in [3.63, 3.8) is 0 Å². The van der Waals surface area contributed by atoms with Crippen LogP contribution >= 0.6 is 0 Å². The number of alkyl carbamates (subject to hydrolysis) is 1. The van der Waals surface area contributed by atoms with Gasteiger partial charge in [-0.3, -0.25) is 9.59 Å². The van der Waals surface area contributed by atoms with Crippen LogP contribution in [0.2, 0.25) is 0 Å². The predicted molar refractivity (Wildman–Crippen MR) is 194 cm³/mol. The third-order valence-electron chi connectivity index (χ3n) is 8.61. The molecule has 1 saturated heterocycles. The van der Waals surface area contributed by atoms with E-state index in [1.165, 1.54) is 16.6 Å². The van der Waals surface area contributed by atoms with E-state index in [-0.39, 0.29) is 23.4 Å². The molecular weight excluding hydrogens is 700 g/mol. The van der Waals surface area contributed by atoms with Gasteiger partial charge in [0.25, 0.3) is 5.91 Å². The topological polar surface area (TPSA) is 213 Å². The standard InChI is InChI=1S/C38H50N6O10/c1-9-10-18-51-37(7,8)34(48)43-32-25-16-17-27(44(25)41-22-40-32)38(21-39)31(46)30(26(53-38)20-50-28(45)19-24-14-12-11-13-15-24)52-33(47)29(23(2)3)42-35(49)54-36(4,5)6/h11-17,22-23,26,29-31,46H,9-10,18-20H2,1-8H3,(H,42,49)(H,40,41,43,48)/t26-,29+,30-,31-,38+/m1/s1. The highest BCUT2D eigenvalue weighted by atomic mass is 16.6. The predicted octanol–water partition coefficient (Wildman–Crippen LogP) is 3.99. The first kappa shape index (κ1) is 41.6. The summed E-state index contributed by atoms with van der Waals surface area (Å²) in [5.74, 6) is -2.45. The molecule has 1 aromatic carbocycles. The fraction of sp³-hybridized carbons (Fsp3) is 0.553. The molecule has 0 unspecified atom stereocenters. The van der Waals surface area contributed by atoms with Gasteiger partial charge in [0.05, 0.1) is 12.1 Å². The summed E-state index contributed by atoms with van der Waals surface area (Å²) in [6.07, 6.45) is -2.91. The monoisotopic (exact) mass is 750 g/mol. The Morgan fingerprint density at radius 2 is 1.80 bits per heavy atom. The summed E-state index contributed by atoms with van der Waals surface area (Å²) in [5, 5.41) is 32.2. The second kappa shape index (κ2) is 17.4. The van der Waals surface area contributed by atoms with Crippen LogP contribution in [0, 0.1) is 17.2 Å². The van der Waals surface area contributed by atoms with Crippen LogP contribution in [0.3, 0.4) is 0 Å². The maximum atomic E-state index is 13.7. The number of hydrogen-bond acceptors (Lipinski definition) is 13. The molecule has 3 N–H and O–H groups in total. The lowest BCUT2D eigenvalue weighted by atomic mass is 9.92. The Balaban J connectivity index is 1.66. The highest BCUT2D eigenvalue weighted by Gasteiger charge is 2.60. The molecule has 0 bridgehead atoms. The maximum Gasteiger partial charge on any atom is 0.408 e. The molecule has 1 fully saturated rings. The number of aliphatic hydroxyl groups excluding tert-OH is 1. The van der Waals surface area contributed by atoms with Crippen molar-refractivity contribution >= 4 is 35.3 Å². The van der Waals surface area contributed by atoms with Crippen molar-refractivity contribution in [1.82, 2.24) is 19.9 Å². The van der Waals surface area contributed by atoms with E-state index in [9.17, 15) is 29.5 Å². The second-order valence-corrected chi connectivity index (χ2v) is 14.9. The van der Waals surface area contributed by atoms with Crippen LogP contribution in [0.1, 0.15) is 79.5 Å². The first-order valence-electron chi connectivity index (χ1n) is 17.9. The fourth-order valence-corrected chi connectivity index (χ4v) is 5.68. The van der Waals surface area contributed by atoms with Gasteiger partial charge in [-0.05, 0) is 64.7 Å². The highest BCUT2D eigenvalue weighted by Crippen LogP contribution is 2.42. The molecule has 2 aromatic heterocycles. The minimum Gasteiger partial charge on any atom is -0.463 e. The molecule has 4 rings (SSSR count). The first-order chi connectivity index (χ1) is 25.4. The van der Waals surface area contributed by atoms with Crippen molar-refractivity contribution < 1.29 is 48.0 Å². The van der Waals surface area contributed by atoms with Crippen LogP contribution < -0.4 is 10.6 Å². The number of hydrogen-bond donors (Lipinski definition) is 3. The normalized spacial score (nSPS) is 20.6.